The minimum atomic E-state index is -3.68. The van der Waals surface area contributed by atoms with Gasteiger partial charge in [-0.25, -0.2) is 17.9 Å². The maximum absolute atomic E-state index is 13.3. The van der Waals surface area contributed by atoms with E-state index in [1.807, 2.05) is 24.3 Å². The molecule has 0 bridgehead atoms. The van der Waals surface area contributed by atoms with E-state index in [-0.39, 0.29) is 16.1 Å². The molecule has 2 N–H and O–H groups in total. The van der Waals surface area contributed by atoms with Crippen molar-refractivity contribution in [3.05, 3.63) is 65.5 Å². The van der Waals surface area contributed by atoms with Gasteiger partial charge in [0.1, 0.15) is 5.82 Å². The van der Waals surface area contributed by atoms with Crippen LogP contribution in [0.4, 0.5) is 4.39 Å². The van der Waals surface area contributed by atoms with Crippen LogP contribution < -0.4 is 5.14 Å². The lowest BCUT2D eigenvalue weighted by Crippen LogP contribution is -2.11. The highest BCUT2D eigenvalue weighted by atomic mass is 32.2. The summed E-state index contributed by atoms with van der Waals surface area (Å²) < 4.78 is 36.1. The standard InChI is InChI=1S/C19H18FNO2S/c20-15-5-1-14(2-6-15)18-17(9-10-19(18)11-12-19)13-3-7-16(8-4-13)24(21,22)23/h1-8H,9-12H2,(H2,21,22,23). The van der Waals surface area contributed by atoms with Crippen molar-refractivity contribution in [3.8, 4) is 0 Å². The fourth-order valence-electron chi connectivity index (χ4n) is 3.82. The van der Waals surface area contributed by atoms with Gasteiger partial charge in [-0.05, 0) is 77.6 Å². The molecule has 24 heavy (non-hydrogen) atoms. The molecule has 2 aromatic rings. The predicted molar refractivity (Wildman–Crippen MR) is 91.9 cm³/mol. The van der Waals surface area contributed by atoms with Gasteiger partial charge in [-0.3, -0.25) is 0 Å². The Bertz CT molecular complexity index is 924. The number of rotatable bonds is 3. The highest BCUT2D eigenvalue weighted by Crippen LogP contribution is 2.65. The normalized spacial score (nSPS) is 19.1. The van der Waals surface area contributed by atoms with Crippen LogP contribution in [-0.4, -0.2) is 8.42 Å². The van der Waals surface area contributed by atoms with Gasteiger partial charge in [0.25, 0.3) is 0 Å². The Morgan fingerprint density at radius 3 is 2.00 bits per heavy atom. The van der Waals surface area contributed by atoms with Gasteiger partial charge in [0.2, 0.25) is 10.0 Å². The Morgan fingerprint density at radius 1 is 0.875 bits per heavy atom. The average molecular weight is 343 g/mol. The third-order valence-corrected chi connectivity index (χ3v) is 6.13. The summed E-state index contributed by atoms with van der Waals surface area (Å²) in [6, 6.07) is 13.4. The van der Waals surface area contributed by atoms with Crippen LogP contribution in [0.3, 0.4) is 0 Å². The molecule has 2 aliphatic rings. The van der Waals surface area contributed by atoms with E-state index in [4.69, 9.17) is 5.14 Å². The number of hydrogen-bond donors (Lipinski definition) is 1. The molecule has 3 nitrogen and oxygen atoms in total. The number of halogens is 1. The fourth-order valence-corrected chi connectivity index (χ4v) is 4.33. The zero-order valence-electron chi connectivity index (χ0n) is 13.1. The first kappa shape index (κ1) is 15.5. The summed E-state index contributed by atoms with van der Waals surface area (Å²) in [5, 5.41) is 5.17. The first-order chi connectivity index (χ1) is 11.4. The molecule has 0 atom stereocenters. The van der Waals surface area contributed by atoms with Gasteiger partial charge < -0.3 is 0 Å². The summed E-state index contributed by atoms with van der Waals surface area (Å²) in [6.45, 7) is 0. The molecular weight excluding hydrogens is 325 g/mol. The van der Waals surface area contributed by atoms with Gasteiger partial charge in [-0.15, -0.1) is 0 Å². The Balaban J connectivity index is 1.82. The lowest BCUT2D eigenvalue weighted by Gasteiger charge is -2.15. The molecule has 2 aromatic carbocycles. The SMILES string of the molecule is NS(=O)(=O)c1ccc(C2=C(c3ccc(F)cc3)C3(CC2)CC3)cc1. The maximum atomic E-state index is 13.3. The number of allylic oxidation sites excluding steroid dienone is 2. The van der Waals surface area contributed by atoms with Gasteiger partial charge in [0, 0.05) is 0 Å². The smallest absolute Gasteiger partial charge is 0.225 e. The minimum Gasteiger partial charge on any atom is -0.225 e. The van der Waals surface area contributed by atoms with Crippen LogP contribution in [0.15, 0.2) is 53.4 Å². The number of benzene rings is 2. The molecule has 0 heterocycles. The summed E-state index contributed by atoms with van der Waals surface area (Å²) in [4.78, 5) is 0.120. The lowest BCUT2D eigenvalue weighted by atomic mass is 9.89. The summed E-state index contributed by atoms with van der Waals surface area (Å²) >= 11 is 0. The van der Waals surface area contributed by atoms with Crippen LogP contribution in [0.5, 0.6) is 0 Å². The van der Waals surface area contributed by atoms with Gasteiger partial charge in [-0.1, -0.05) is 24.3 Å². The molecule has 0 amide bonds. The number of sulfonamides is 1. The molecular formula is C19H18FNO2S. The monoisotopic (exact) mass is 343 g/mol. The summed E-state index contributed by atoms with van der Waals surface area (Å²) in [6.07, 6.45) is 4.39. The zero-order valence-corrected chi connectivity index (χ0v) is 13.9. The molecule has 0 saturated heterocycles. The molecule has 1 spiro atoms. The molecule has 0 aliphatic heterocycles. The third kappa shape index (κ3) is 2.58. The first-order valence-electron chi connectivity index (χ1n) is 8.02. The van der Waals surface area contributed by atoms with E-state index in [0.29, 0.717) is 0 Å². The van der Waals surface area contributed by atoms with Crippen molar-refractivity contribution in [3.63, 3.8) is 0 Å². The Labute approximate surface area is 141 Å². The van der Waals surface area contributed by atoms with Gasteiger partial charge in [0.05, 0.1) is 4.90 Å². The highest BCUT2D eigenvalue weighted by molar-refractivity contribution is 7.89. The van der Waals surface area contributed by atoms with E-state index in [2.05, 4.69) is 0 Å². The summed E-state index contributed by atoms with van der Waals surface area (Å²) in [5.41, 5.74) is 4.85. The van der Waals surface area contributed by atoms with Crippen LogP contribution >= 0.6 is 0 Å². The van der Waals surface area contributed by atoms with Crippen LogP contribution in [0.1, 0.15) is 36.8 Å². The zero-order chi connectivity index (χ0) is 16.9. The molecule has 1 fully saturated rings. The van der Waals surface area contributed by atoms with Crippen molar-refractivity contribution < 1.29 is 12.8 Å². The molecule has 2 aliphatic carbocycles. The van der Waals surface area contributed by atoms with E-state index in [1.54, 1.807) is 12.1 Å². The van der Waals surface area contributed by atoms with Crippen molar-refractivity contribution >= 4 is 21.2 Å². The topological polar surface area (TPSA) is 60.2 Å². The predicted octanol–water partition coefficient (Wildman–Crippen LogP) is 3.96. The fraction of sp³-hybridized carbons (Fsp3) is 0.263. The van der Waals surface area contributed by atoms with Gasteiger partial charge in [0.15, 0.2) is 0 Å². The Kier molecular flexibility index (Phi) is 3.41. The lowest BCUT2D eigenvalue weighted by molar-refractivity contribution is 0.598. The van der Waals surface area contributed by atoms with Gasteiger partial charge >= 0.3 is 0 Å². The van der Waals surface area contributed by atoms with Crippen molar-refractivity contribution in [1.29, 1.82) is 0 Å². The highest BCUT2D eigenvalue weighted by Gasteiger charge is 2.50. The Hall–Kier alpha value is -1.98. The Morgan fingerprint density at radius 2 is 1.46 bits per heavy atom. The molecule has 0 radical (unpaired) electrons. The van der Waals surface area contributed by atoms with E-state index in [9.17, 15) is 12.8 Å². The average Bonchev–Trinajstić information content (AvgIpc) is 3.22. The van der Waals surface area contributed by atoms with Crippen LogP contribution in [0.2, 0.25) is 0 Å². The van der Waals surface area contributed by atoms with Crippen LogP contribution in [0.25, 0.3) is 11.1 Å². The van der Waals surface area contributed by atoms with Crippen molar-refractivity contribution in [1.82, 2.24) is 0 Å². The van der Waals surface area contributed by atoms with E-state index >= 15 is 0 Å². The number of hydrogen-bond acceptors (Lipinski definition) is 2. The van der Waals surface area contributed by atoms with Crippen molar-refractivity contribution in [2.24, 2.45) is 10.6 Å². The van der Waals surface area contributed by atoms with Crippen molar-refractivity contribution in [2.45, 2.75) is 30.6 Å². The molecule has 124 valence electrons. The number of primary sulfonamides is 1. The summed E-state index contributed by atoms with van der Waals surface area (Å²) in [5.74, 6) is -0.235. The summed E-state index contributed by atoms with van der Waals surface area (Å²) in [7, 11) is -3.68. The molecule has 4 rings (SSSR count). The van der Waals surface area contributed by atoms with E-state index < -0.39 is 10.0 Å². The largest absolute Gasteiger partial charge is 0.238 e. The molecule has 0 aromatic heterocycles. The minimum absolute atomic E-state index is 0.120. The van der Waals surface area contributed by atoms with Crippen LogP contribution in [-0.2, 0) is 10.0 Å². The first-order valence-corrected chi connectivity index (χ1v) is 9.57. The molecule has 0 unspecified atom stereocenters. The third-order valence-electron chi connectivity index (χ3n) is 5.20. The maximum Gasteiger partial charge on any atom is 0.238 e. The molecule has 1 saturated carbocycles. The van der Waals surface area contributed by atoms with Crippen molar-refractivity contribution in [2.75, 3.05) is 0 Å². The quantitative estimate of drug-likeness (QED) is 0.917. The van der Waals surface area contributed by atoms with Crippen LogP contribution in [0, 0.1) is 11.2 Å². The molecule has 5 heteroatoms. The second kappa shape index (κ2) is 5.26. The van der Waals surface area contributed by atoms with Gasteiger partial charge in [-0.2, -0.15) is 0 Å². The van der Waals surface area contributed by atoms with E-state index in [0.717, 1.165) is 24.0 Å². The second-order valence-corrected chi connectivity index (χ2v) is 8.27. The van der Waals surface area contributed by atoms with E-state index in [1.165, 1.54) is 36.1 Å². The number of nitrogens with two attached hydrogens (primary N) is 1. The second-order valence-electron chi connectivity index (χ2n) is 6.71.